The predicted molar refractivity (Wildman–Crippen MR) is 79.0 cm³/mol. The van der Waals surface area contributed by atoms with Crippen LogP contribution in [0.15, 0.2) is 18.2 Å². The quantitative estimate of drug-likeness (QED) is 0.909. The Balaban J connectivity index is 2.45. The Bertz CT molecular complexity index is 581. The van der Waals surface area contributed by atoms with Gasteiger partial charge >= 0.3 is 5.97 Å². The van der Waals surface area contributed by atoms with Gasteiger partial charge in [0.25, 0.3) is 5.91 Å². The number of rotatable bonds is 4. The summed E-state index contributed by atoms with van der Waals surface area (Å²) in [4.78, 5) is 27.2. The second-order valence-electron chi connectivity index (χ2n) is 5.86. The van der Waals surface area contributed by atoms with E-state index >= 15 is 0 Å². The molecule has 0 aliphatic carbocycles. The standard InChI is InChI=1S/C15H20N2O4/c1-15(2)14(20)17(8-7-16(3)4)11-9-10(13(18)19)5-6-12(11)21-15/h5-6,9H,7-8H2,1-4H3,(H,18,19). The molecule has 1 aliphatic rings. The van der Waals surface area contributed by atoms with Crippen molar-refractivity contribution in [3.8, 4) is 5.75 Å². The number of carbonyl (C=O) groups excluding carboxylic acids is 1. The molecule has 0 aromatic heterocycles. The van der Waals surface area contributed by atoms with Crippen LogP contribution < -0.4 is 9.64 Å². The molecule has 1 N–H and O–H groups in total. The van der Waals surface area contributed by atoms with Gasteiger partial charge in [0.2, 0.25) is 0 Å². The fraction of sp³-hybridized carbons (Fsp3) is 0.467. The zero-order valence-electron chi connectivity index (χ0n) is 12.7. The highest BCUT2D eigenvalue weighted by Crippen LogP contribution is 2.38. The van der Waals surface area contributed by atoms with Gasteiger partial charge in [-0.2, -0.15) is 0 Å². The number of hydrogen-bond acceptors (Lipinski definition) is 4. The maximum atomic E-state index is 12.5. The van der Waals surface area contributed by atoms with Gasteiger partial charge in [0.15, 0.2) is 5.60 Å². The van der Waals surface area contributed by atoms with Crippen LogP contribution in [0.2, 0.25) is 0 Å². The number of carbonyl (C=O) groups is 2. The van der Waals surface area contributed by atoms with E-state index in [0.29, 0.717) is 24.5 Å². The summed E-state index contributed by atoms with van der Waals surface area (Å²) in [6, 6.07) is 4.58. The second kappa shape index (κ2) is 5.37. The molecule has 114 valence electrons. The number of carboxylic acids is 1. The van der Waals surface area contributed by atoms with Crippen LogP contribution in [-0.2, 0) is 4.79 Å². The summed E-state index contributed by atoms with van der Waals surface area (Å²) in [5, 5.41) is 9.11. The number of nitrogens with zero attached hydrogens (tertiary/aromatic N) is 2. The smallest absolute Gasteiger partial charge is 0.335 e. The lowest BCUT2D eigenvalue weighted by molar-refractivity contribution is -0.132. The number of hydrogen-bond donors (Lipinski definition) is 1. The van der Waals surface area contributed by atoms with Gasteiger partial charge in [-0.1, -0.05) is 0 Å². The predicted octanol–water partition coefficient (Wildman–Crippen LogP) is 1.45. The third kappa shape index (κ3) is 3.00. The monoisotopic (exact) mass is 292 g/mol. The van der Waals surface area contributed by atoms with Crippen LogP contribution in [0.1, 0.15) is 24.2 Å². The highest BCUT2D eigenvalue weighted by atomic mass is 16.5. The van der Waals surface area contributed by atoms with E-state index in [1.165, 1.54) is 12.1 Å². The summed E-state index contributed by atoms with van der Waals surface area (Å²) < 4.78 is 5.71. The number of likely N-dealkylation sites (N-methyl/N-ethyl adjacent to an activating group) is 1. The first-order valence-electron chi connectivity index (χ1n) is 6.75. The molecular formula is C15H20N2O4. The van der Waals surface area contributed by atoms with Crippen LogP contribution in [-0.4, -0.2) is 54.7 Å². The Morgan fingerprint density at radius 2 is 2.05 bits per heavy atom. The molecule has 0 unspecified atom stereocenters. The first-order valence-corrected chi connectivity index (χ1v) is 6.75. The molecular weight excluding hydrogens is 272 g/mol. The summed E-state index contributed by atoms with van der Waals surface area (Å²) in [5.74, 6) is -0.662. The SMILES string of the molecule is CN(C)CCN1C(=O)C(C)(C)Oc2ccc(C(=O)O)cc21. The minimum atomic E-state index is -1.03. The van der Waals surface area contributed by atoms with E-state index in [1.54, 1.807) is 24.8 Å². The van der Waals surface area contributed by atoms with E-state index in [4.69, 9.17) is 9.84 Å². The lowest BCUT2D eigenvalue weighted by Crippen LogP contribution is -2.53. The summed E-state index contributed by atoms with van der Waals surface area (Å²) in [6.07, 6.45) is 0. The molecule has 1 aromatic carbocycles. The number of carboxylic acid groups (broad SMARTS) is 1. The first kappa shape index (κ1) is 15.3. The van der Waals surface area contributed by atoms with E-state index < -0.39 is 11.6 Å². The molecule has 0 saturated carbocycles. The number of anilines is 1. The van der Waals surface area contributed by atoms with Gasteiger partial charge in [-0.15, -0.1) is 0 Å². The van der Waals surface area contributed by atoms with E-state index in [-0.39, 0.29) is 11.5 Å². The van der Waals surface area contributed by atoms with Gasteiger partial charge in [-0.3, -0.25) is 4.79 Å². The minimum absolute atomic E-state index is 0.139. The average molecular weight is 292 g/mol. The Morgan fingerprint density at radius 1 is 1.38 bits per heavy atom. The molecule has 1 amide bonds. The summed E-state index contributed by atoms with van der Waals surface area (Å²) in [6.45, 7) is 4.59. The van der Waals surface area contributed by atoms with Crippen molar-refractivity contribution in [3.63, 3.8) is 0 Å². The maximum Gasteiger partial charge on any atom is 0.335 e. The van der Waals surface area contributed by atoms with Crippen LogP contribution >= 0.6 is 0 Å². The first-order chi connectivity index (χ1) is 9.72. The van der Waals surface area contributed by atoms with Crippen molar-refractivity contribution < 1.29 is 19.4 Å². The van der Waals surface area contributed by atoms with E-state index in [1.807, 2.05) is 19.0 Å². The van der Waals surface area contributed by atoms with Crippen LogP contribution in [0.5, 0.6) is 5.75 Å². The second-order valence-corrected chi connectivity index (χ2v) is 5.86. The van der Waals surface area contributed by atoms with Crippen LogP contribution in [0, 0.1) is 0 Å². The molecule has 1 heterocycles. The fourth-order valence-electron chi connectivity index (χ4n) is 2.22. The Kier molecular flexibility index (Phi) is 3.91. The van der Waals surface area contributed by atoms with Crippen molar-refractivity contribution in [2.24, 2.45) is 0 Å². The summed E-state index contributed by atoms with van der Waals surface area (Å²) in [5.41, 5.74) is -0.301. The zero-order valence-corrected chi connectivity index (χ0v) is 12.7. The van der Waals surface area contributed by atoms with Crippen molar-refractivity contribution in [1.29, 1.82) is 0 Å². The van der Waals surface area contributed by atoms with Crippen LogP contribution in [0.3, 0.4) is 0 Å². The molecule has 0 bridgehead atoms. The average Bonchev–Trinajstić information content (AvgIpc) is 2.38. The number of fused-ring (bicyclic) bond motifs is 1. The van der Waals surface area contributed by atoms with Crippen molar-refractivity contribution in [2.75, 3.05) is 32.1 Å². The van der Waals surface area contributed by atoms with Gasteiger partial charge in [0, 0.05) is 13.1 Å². The molecule has 1 aromatic rings. The lowest BCUT2D eigenvalue weighted by Gasteiger charge is -2.39. The molecule has 2 rings (SSSR count). The highest BCUT2D eigenvalue weighted by Gasteiger charge is 2.40. The van der Waals surface area contributed by atoms with Gasteiger partial charge in [-0.25, -0.2) is 4.79 Å². The molecule has 21 heavy (non-hydrogen) atoms. The third-order valence-electron chi connectivity index (χ3n) is 3.39. The molecule has 1 aliphatic heterocycles. The number of benzene rings is 1. The van der Waals surface area contributed by atoms with Gasteiger partial charge in [0.1, 0.15) is 5.75 Å². The highest BCUT2D eigenvalue weighted by molar-refractivity contribution is 6.03. The minimum Gasteiger partial charge on any atom is -0.478 e. The van der Waals surface area contributed by atoms with Gasteiger partial charge < -0.3 is 19.6 Å². The summed E-state index contributed by atoms with van der Waals surface area (Å²) >= 11 is 0. The van der Waals surface area contributed by atoms with Crippen molar-refractivity contribution in [2.45, 2.75) is 19.4 Å². The van der Waals surface area contributed by atoms with Crippen LogP contribution in [0.4, 0.5) is 5.69 Å². The number of ether oxygens (including phenoxy) is 1. The Labute approximate surface area is 123 Å². The van der Waals surface area contributed by atoms with E-state index in [2.05, 4.69) is 0 Å². The van der Waals surface area contributed by atoms with Crippen molar-refractivity contribution in [3.05, 3.63) is 23.8 Å². The molecule has 6 heteroatoms. The maximum absolute atomic E-state index is 12.5. The number of aromatic carboxylic acids is 1. The van der Waals surface area contributed by atoms with Gasteiger partial charge in [-0.05, 0) is 46.1 Å². The molecule has 6 nitrogen and oxygen atoms in total. The lowest BCUT2D eigenvalue weighted by atomic mass is 10.0. The molecule has 0 radical (unpaired) electrons. The van der Waals surface area contributed by atoms with Gasteiger partial charge in [0.05, 0.1) is 11.3 Å². The molecule has 0 spiro atoms. The van der Waals surface area contributed by atoms with E-state index in [0.717, 1.165) is 0 Å². The normalized spacial score (nSPS) is 16.6. The topological polar surface area (TPSA) is 70.1 Å². The van der Waals surface area contributed by atoms with Crippen molar-refractivity contribution >= 4 is 17.6 Å². The Hall–Kier alpha value is -2.08. The molecule has 0 saturated heterocycles. The molecule has 0 atom stereocenters. The summed E-state index contributed by atoms with van der Waals surface area (Å²) in [7, 11) is 3.84. The molecule has 0 fully saturated rings. The largest absolute Gasteiger partial charge is 0.478 e. The Morgan fingerprint density at radius 3 is 2.62 bits per heavy atom. The van der Waals surface area contributed by atoms with Crippen LogP contribution in [0.25, 0.3) is 0 Å². The van der Waals surface area contributed by atoms with Crippen molar-refractivity contribution in [1.82, 2.24) is 4.90 Å². The third-order valence-corrected chi connectivity index (χ3v) is 3.39. The van der Waals surface area contributed by atoms with E-state index in [9.17, 15) is 9.59 Å². The number of amides is 1. The zero-order chi connectivity index (χ0) is 15.8. The fourth-order valence-corrected chi connectivity index (χ4v) is 2.22.